The summed E-state index contributed by atoms with van der Waals surface area (Å²) >= 11 is 9.35. The van der Waals surface area contributed by atoms with Gasteiger partial charge in [0, 0.05) is 10.2 Å². The number of benzene rings is 2. The van der Waals surface area contributed by atoms with Crippen LogP contribution in [0.2, 0.25) is 0 Å². The molecule has 1 aliphatic rings. The van der Waals surface area contributed by atoms with Crippen molar-refractivity contribution >= 4 is 45.2 Å². The van der Waals surface area contributed by atoms with E-state index >= 15 is 0 Å². The van der Waals surface area contributed by atoms with Gasteiger partial charge in [-0.15, -0.1) is 0 Å². The van der Waals surface area contributed by atoms with Crippen LogP contribution in [-0.2, 0) is 14.3 Å². The molecule has 2 aromatic carbocycles. The van der Waals surface area contributed by atoms with E-state index in [4.69, 9.17) is 21.1 Å². The largest absolute Gasteiger partial charge is 0.415 e. The fourth-order valence-corrected chi connectivity index (χ4v) is 3.13. The maximum atomic E-state index is 12.4. The highest BCUT2D eigenvalue weighted by Gasteiger charge is 2.37. The van der Waals surface area contributed by atoms with Crippen LogP contribution in [0.25, 0.3) is 0 Å². The smallest absolute Gasteiger partial charge is 0.355 e. The van der Waals surface area contributed by atoms with E-state index in [9.17, 15) is 9.59 Å². The Bertz CT molecular complexity index is 926. The SMILES string of the molecule is Cc1ccc(NC2=C(Cl)C(=O)O[C@H]2OC(=O)c2ccccc2Br)c(C)c1. The number of aryl methyl sites for hydroxylation is 2. The van der Waals surface area contributed by atoms with Crippen LogP contribution in [0, 0.1) is 13.8 Å². The Hall–Kier alpha value is -2.31. The Balaban J connectivity index is 1.84. The number of carbonyl (C=O) groups excluding carboxylic acids is 2. The van der Waals surface area contributed by atoms with Gasteiger partial charge in [-0.2, -0.15) is 0 Å². The fourth-order valence-electron chi connectivity index (χ4n) is 2.50. The molecule has 1 aliphatic heterocycles. The molecule has 0 amide bonds. The molecule has 1 heterocycles. The minimum Gasteiger partial charge on any atom is -0.415 e. The van der Waals surface area contributed by atoms with Crippen LogP contribution in [-0.4, -0.2) is 18.2 Å². The number of rotatable bonds is 4. The van der Waals surface area contributed by atoms with Crippen LogP contribution in [0.3, 0.4) is 0 Å². The summed E-state index contributed by atoms with van der Waals surface area (Å²) < 4.78 is 11.0. The first kappa shape index (κ1) is 18.5. The van der Waals surface area contributed by atoms with Crippen molar-refractivity contribution in [2.75, 3.05) is 5.32 Å². The molecular weight excluding hydrogens is 422 g/mol. The average Bonchev–Trinajstić information content (AvgIpc) is 2.85. The summed E-state index contributed by atoms with van der Waals surface area (Å²) in [6.07, 6.45) is -1.24. The lowest BCUT2D eigenvalue weighted by molar-refractivity contribution is -0.152. The highest BCUT2D eigenvalue weighted by molar-refractivity contribution is 9.10. The van der Waals surface area contributed by atoms with Gasteiger partial charge < -0.3 is 14.8 Å². The molecule has 0 bridgehead atoms. The topological polar surface area (TPSA) is 64.6 Å². The van der Waals surface area contributed by atoms with Crippen LogP contribution in [0.1, 0.15) is 21.5 Å². The monoisotopic (exact) mass is 435 g/mol. The number of carbonyl (C=O) groups is 2. The molecule has 1 N–H and O–H groups in total. The van der Waals surface area contributed by atoms with E-state index in [1.165, 1.54) is 0 Å². The van der Waals surface area contributed by atoms with Gasteiger partial charge in [0.2, 0.25) is 0 Å². The van der Waals surface area contributed by atoms with Gasteiger partial charge in [0.1, 0.15) is 5.70 Å². The number of ether oxygens (including phenoxy) is 2. The summed E-state index contributed by atoms with van der Waals surface area (Å²) in [4.78, 5) is 24.3. The first-order valence-electron chi connectivity index (χ1n) is 7.77. The quantitative estimate of drug-likeness (QED) is 0.706. The number of esters is 2. The molecule has 0 unspecified atom stereocenters. The third-order valence-corrected chi connectivity index (χ3v) is 4.87. The Kier molecular flexibility index (Phi) is 5.34. The number of nitrogens with one attached hydrogen (secondary N) is 1. The average molecular weight is 437 g/mol. The number of cyclic esters (lactones) is 1. The maximum absolute atomic E-state index is 12.4. The molecule has 0 spiro atoms. The van der Waals surface area contributed by atoms with Crippen LogP contribution in [0.5, 0.6) is 0 Å². The van der Waals surface area contributed by atoms with Crippen molar-refractivity contribution in [1.29, 1.82) is 0 Å². The Morgan fingerprint density at radius 1 is 1.23 bits per heavy atom. The van der Waals surface area contributed by atoms with Crippen molar-refractivity contribution in [3.8, 4) is 0 Å². The molecule has 0 aromatic heterocycles. The Labute approximate surface area is 164 Å². The van der Waals surface area contributed by atoms with Crippen LogP contribution < -0.4 is 5.32 Å². The summed E-state index contributed by atoms with van der Waals surface area (Å²) in [5.74, 6) is -1.38. The molecule has 0 radical (unpaired) electrons. The number of halogens is 2. The summed E-state index contributed by atoms with van der Waals surface area (Å²) in [6.45, 7) is 3.90. The molecule has 7 heteroatoms. The van der Waals surface area contributed by atoms with E-state index in [-0.39, 0.29) is 10.7 Å². The minimum atomic E-state index is -1.24. The lowest BCUT2D eigenvalue weighted by atomic mass is 10.1. The van der Waals surface area contributed by atoms with Gasteiger partial charge in [-0.25, -0.2) is 9.59 Å². The molecule has 0 fully saturated rings. The molecule has 134 valence electrons. The zero-order valence-electron chi connectivity index (χ0n) is 14.0. The van der Waals surface area contributed by atoms with Gasteiger partial charge in [0.05, 0.1) is 5.56 Å². The second-order valence-corrected chi connectivity index (χ2v) is 7.03. The van der Waals surface area contributed by atoms with Crippen molar-refractivity contribution in [1.82, 2.24) is 0 Å². The minimum absolute atomic E-state index is 0.144. The van der Waals surface area contributed by atoms with Crippen LogP contribution in [0.15, 0.2) is 57.7 Å². The second kappa shape index (κ2) is 7.51. The van der Waals surface area contributed by atoms with E-state index in [1.807, 2.05) is 32.0 Å². The number of hydrogen-bond donors (Lipinski definition) is 1. The zero-order valence-corrected chi connectivity index (χ0v) is 16.3. The first-order chi connectivity index (χ1) is 12.4. The van der Waals surface area contributed by atoms with Gasteiger partial charge in [-0.05, 0) is 53.5 Å². The predicted octanol–water partition coefficient (Wildman–Crippen LogP) is 4.67. The van der Waals surface area contributed by atoms with E-state index in [2.05, 4.69) is 21.2 Å². The highest BCUT2D eigenvalue weighted by Crippen LogP contribution is 2.30. The van der Waals surface area contributed by atoms with Gasteiger partial charge >= 0.3 is 11.9 Å². The van der Waals surface area contributed by atoms with Crippen LogP contribution >= 0.6 is 27.5 Å². The fraction of sp³-hybridized carbons (Fsp3) is 0.158. The van der Waals surface area contributed by atoms with Crippen molar-refractivity contribution in [3.05, 3.63) is 74.4 Å². The van der Waals surface area contributed by atoms with E-state index < -0.39 is 18.2 Å². The predicted molar refractivity (Wildman–Crippen MR) is 102 cm³/mol. The first-order valence-corrected chi connectivity index (χ1v) is 8.94. The molecule has 0 saturated heterocycles. The van der Waals surface area contributed by atoms with Crippen molar-refractivity contribution in [3.63, 3.8) is 0 Å². The van der Waals surface area contributed by atoms with Crippen LogP contribution in [0.4, 0.5) is 5.69 Å². The molecule has 0 aliphatic carbocycles. The molecular formula is C19H15BrClNO4. The lowest BCUT2D eigenvalue weighted by Crippen LogP contribution is -2.24. The summed E-state index contributed by atoms with van der Waals surface area (Å²) in [5, 5.41) is 2.91. The number of hydrogen-bond acceptors (Lipinski definition) is 5. The highest BCUT2D eigenvalue weighted by atomic mass is 79.9. The van der Waals surface area contributed by atoms with E-state index in [0.29, 0.717) is 10.0 Å². The third-order valence-electron chi connectivity index (χ3n) is 3.82. The van der Waals surface area contributed by atoms with Gasteiger partial charge in [0.25, 0.3) is 6.29 Å². The molecule has 0 saturated carbocycles. The molecule has 26 heavy (non-hydrogen) atoms. The normalized spacial score (nSPS) is 16.5. The summed E-state index contributed by atoms with van der Waals surface area (Å²) in [5.41, 5.74) is 3.31. The zero-order chi connectivity index (χ0) is 18.8. The van der Waals surface area contributed by atoms with Gasteiger partial charge in [-0.3, -0.25) is 0 Å². The second-order valence-electron chi connectivity index (χ2n) is 5.79. The third kappa shape index (κ3) is 3.76. The molecule has 1 atom stereocenters. The maximum Gasteiger partial charge on any atom is 0.355 e. The standard InChI is InChI=1S/C19H15BrClNO4/c1-10-7-8-14(11(2)9-10)22-16-15(21)18(24)26-19(16)25-17(23)12-5-3-4-6-13(12)20/h3-9,19,22H,1-2H3/t19-/m1/s1. The van der Waals surface area contributed by atoms with Gasteiger partial charge in [-0.1, -0.05) is 41.4 Å². The van der Waals surface area contributed by atoms with Crippen molar-refractivity contribution < 1.29 is 19.1 Å². The molecule has 3 rings (SSSR count). The molecule has 2 aromatic rings. The summed E-state index contributed by atoms with van der Waals surface area (Å²) in [7, 11) is 0. The van der Waals surface area contributed by atoms with E-state index in [1.54, 1.807) is 24.3 Å². The molecule has 5 nitrogen and oxygen atoms in total. The van der Waals surface area contributed by atoms with Crippen molar-refractivity contribution in [2.24, 2.45) is 0 Å². The Morgan fingerprint density at radius 3 is 2.65 bits per heavy atom. The van der Waals surface area contributed by atoms with Gasteiger partial charge in [0.15, 0.2) is 5.03 Å². The summed E-state index contributed by atoms with van der Waals surface area (Å²) in [6, 6.07) is 12.6. The van der Waals surface area contributed by atoms with Crippen molar-refractivity contribution in [2.45, 2.75) is 20.1 Å². The Morgan fingerprint density at radius 2 is 1.96 bits per heavy atom. The van der Waals surface area contributed by atoms with E-state index in [0.717, 1.165) is 16.8 Å². The number of anilines is 1. The lowest BCUT2D eigenvalue weighted by Gasteiger charge is -2.18.